The number of fused-ring (bicyclic) bond motifs is 1. The molecule has 4 rings (SSSR count). The van der Waals surface area contributed by atoms with Gasteiger partial charge in [0.2, 0.25) is 0 Å². The summed E-state index contributed by atoms with van der Waals surface area (Å²) in [6.45, 7) is 2.70. The van der Waals surface area contributed by atoms with Crippen molar-refractivity contribution in [1.29, 1.82) is 0 Å². The third-order valence-corrected chi connectivity index (χ3v) is 4.54. The second-order valence-corrected chi connectivity index (χ2v) is 6.21. The van der Waals surface area contributed by atoms with E-state index in [9.17, 15) is 4.79 Å². The molecule has 0 saturated carbocycles. The average Bonchev–Trinajstić information content (AvgIpc) is 3.00. The minimum Gasteiger partial charge on any atom is -0.465 e. The van der Waals surface area contributed by atoms with Crippen LogP contribution in [0.1, 0.15) is 24.6 Å². The maximum Gasteiger partial charge on any atom is 0.407 e. The van der Waals surface area contributed by atoms with E-state index >= 15 is 0 Å². The van der Waals surface area contributed by atoms with Gasteiger partial charge >= 0.3 is 6.09 Å². The zero-order chi connectivity index (χ0) is 17.4. The highest BCUT2D eigenvalue weighted by Crippen LogP contribution is 2.48. The Balaban J connectivity index is 1.66. The first kappa shape index (κ1) is 15.5. The molecule has 1 aromatic carbocycles. The van der Waals surface area contributed by atoms with Crippen molar-refractivity contribution in [1.82, 2.24) is 9.88 Å². The average molecular weight is 338 g/mol. The van der Waals surface area contributed by atoms with Crippen molar-refractivity contribution in [3.05, 3.63) is 59.9 Å². The standard InChI is InChI=1S/C19H18N2O4/c1-19(16-7-2-3-10-20-16)24-15-6-4-5-14(17(15)25-19)13-8-11-21(12-9-13)18(22)23/h2-8,10H,9,11-12H2,1H3,(H,22,23). The van der Waals surface area contributed by atoms with Gasteiger partial charge in [0.05, 0.1) is 0 Å². The number of pyridine rings is 1. The molecule has 6 heteroatoms. The van der Waals surface area contributed by atoms with Crippen LogP contribution in [0.3, 0.4) is 0 Å². The van der Waals surface area contributed by atoms with Crippen molar-refractivity contribution in [3.63, 3.8) is 0 Å². The van der Waals surface area contributed by atoms with Crippen molar-refractivity contribution >= 4 is 11.7 Å². The van der Waals surface area contributed by atoms with Gasteiger partial charge in [-0.3, -0.25) is 4.98 Å². The molecule has 3 heterocycles. The number of hydrogen-bond acceptors (Lipinski definition) is 4. The van der Waals surface area contributed by atoms with Crippen LogP contribution in [0.25, 0.3) is 5.57 Å². The summed E-state index contributed by atoms with van der Waals surface area (Å²) in [5.41, 5.74) is 2.72. The van der Waals surface area contributed by atoms with Crippen LogP contribution in [0.5, 0.6) is 11.5 Å². The van der Waals surface area contributed by atoms with E-state index in [1.807, 2.05) is 49.4 Å². The molecule has 1 atom stereocenters. The lowest BCUT2D eigenvalue weighted by Crippen LogP contribution is -2.33. The lowest BCUT2D eigenvalue weighted by molar-refractivity contribution is -0.0718. The third-order valence-electron chi connectivity index (χ3n) is 4.54. The van der Waals surface area contributed by atoms with Crippen LogP contribution in [-0.4, -0.2) is 34.2 Å². The lowest BCUT2D eigenvalue weighted by Gasteiger charge is -2.25. The number of rotatable bonds is 2. The Morgan fingerprint density at radius 2 is 2.12 bits per heavy atom. The van der Waals surface area contributed by atoms with E-state index in [0.717, 1.165) is 11.1 Å². The number of carboxylic acid groups (broad SMARTS) is 1. The first-order valence-electron chi connectivity index (χ1n) is 8.17. The van der Waals surface area contributed by atoms with Gasteiger partial charge in [-0.1, -0.05) is 24.3 Å². The van der Waals surface area contributed by atoms with Crippen molar-refractivity contribution in [2.75, 3.05) is 13.1 Å². The molecule has 1 aromatic heterocycles. The summed E-state index contributed by atoms with van der Waals surface area (Å²) in [6.07, 6.45) is 3.40. The minimum absolute atomic E-state index is 0.382. The summed E-state index contributed by atoms with van der Waals surface area (Å²) in [5, 5.41) is 9.09. The fourth-order valence-corrected chi connectivity index (χ4v) is 3.20. The number of para-hydroxylation sites is 1. The molecule has 2 aromatic rings. The van der Waals surface area contributed by atoms with E-state index < -0.39 is 11.9 Å². The lowest BCUT2D eigenvalue weighted by atomic mass is 9.98. The predicted octanol–water partition coefficient (Wildman–Crippen LogP) is 3.49. The first-order chi connectivity index (χ1) is 12.1. The third kappa shape index (κ3) is 2.69. The van der Waals surface area contributed by atoms with Crippen LogP contribution in [0.2, 0.25) is 0 Å². The Morgan fingerprint density at radius 1 is 1.24 bits per heavy atom. The molecule has 0 bridgehead atoms. The molecule has 2 aliphatic heterocycles. The molecule has 1 unspecified atom stereocenters. The van der Waals surface area contributed by atoms with Crippen LogP contribution in [0, 0.1) is 0 Å². The highest BCUT2D eigenvalue weighted by molar-refractivity contribution is 5.76. The van der Waals surface area contributed by atoms with E-state index in [-0.39, 0.29) is 0 Å². The monoisotopic (exact) mass is 338 g/mol. The van der Waals surface area contributed by atoms with Crippen molar-refractivity contribution < 1.29 is 19.4 Å². The number of ether oxygens (including phenoxy) is 2. The second-order valence-electron chi connectivity index (χ2n) is 6.21. The number of hydrogen-bond donors (Lipinski definition) is 1. The van der Waals surface area contributed by atoms with Gasteiger partial charge in [0.1, 0.15) is 5.69 Å². The van der Waals surface area contributed by atoms with Gasteiger partial charge in [0.15, 0.2) is 11.5 Å². The van der Waals surface area contributed by atoms with Crippen molar-refractivity contribution in [3.8, 4) is 11.5 Å². The normalized spacial score (nSPS) is 21.8. The SMILES string of the molecule is CC1(c2ccccn2)Oc2cccc(C3=CCN(C(=O)O)CC3)c2O1. The van der Waals surface area contributed by atoms with Crippen LogP contribution in [0.4, 0.5) is 4.79 Å². The minimum atomic E-state index is -0.970. The summed E-state index contributed by atoms with van der Waals surface area (Å²) in [6, 6.07) is 11.4. The van der Waals surface area contributed by atoms with Crippen LogP contribution in [-0.2, 0) is 5.79 Å². The molecule has 2 aliphatic rings. The highest BCUT2D eigenvalue weighted by atomic mass is 16.7. The first-order valence-corrected chi connectivity index (χ1v) is 8.17. The molecule has 0 radical (unpaired) electrons. The van der Waals surface area contributed by atoms with Gasteiger partial charge in [-0.05, 0) is 30.2 Å². The number of amides is 1. The zero-order valence-electron chi connectivity index (χ0n) is 13.8. The molecule has 1 amide bonds. The molecule has 0 fully saturated rings. The summed E-state index contributed by atoms with van der Waals surface area (Å²) in [5.74, 6) is 0.389. The van der Waals surface area contributed by atoms with E-state index in [2.05, 4.69) is 4.98 Å². The van der Waals surface area contributed by atoms with Gasteiger partial charge in [-0.25, -0.2) is 4.79 Å². The van der Waals surface area contributed by atoms with Gasteiger partial charge in [0, 0.05) is 31.8 Å². The fourth-order valence-electron chi connectivity index (χ4n) is 3.20. The Bertz CT molecular complexity index is 850. The van der Waals surface area contributed by atoms with E-state index in [0.29, 0.717) is 36.7 Å². The number of nitrogens with zero attached hydrogens (tertiary/aromatic N) is 2. The molecule has 25 heavy (non-hydrogen) atoms. The Kier molecular flexibility index (Phi) is 3.60. The molecular weight excluding hydrogens is 320 g/mol. The highest BCUT2D eigenvalue weighted by Gasteiger charge is 2.41. The Hall–Kier alpha value is -3.02. The van der Waals surface area contributed by atoms with Crippen molar-refractivity contribution in [2.24, 2.45) is 0 Å². The number of carbonyl (C=O) groups is 1. The molecule has 0 aliphatic carbocycles. The Morgan fingerprint density at radius 3 is 2.80 bits per heavy atom. The van der Waals surface area contributed by atoms with E-state index in [4.69, 9.17) is 14.6 Å². The van der Waals surface area contributed by atoms with Crippen LogP contribution >= 0.6 is 0 Å². The molecule has 128 valence electrons. The van der Waals surface area contributed by atoms with Gasteiger partial charge in [-0.15, -0.1) is 0 Å². The van der Waals surface area contributed by atoms with Gasteiger partial charge in [-0.2, -0.15) is 0 Å². The van der Waals surface area contributed by atoms with Crippen LogP contribution in [0.15, 0.2) is 48.7 Å². The maximum absolute atomic E-state index is 11.1. The summed E-state index contributed by atoms with van der Waals surface area (Å²) in [4.78, 5) is 16.8. The molecular formula is C19H18N2O4. The van der Waals surface area contributed by atoms with Gasteiger partial charge < -0.3 is 19.5 Å². The molecule has 0 saturated heterocycles. The summed E-state index contributed by atoms with van der Waals surface area (Å²) in [7, 11) is 0. The number of aromatic nitrogens is 1. The quantitative estimate of drug-likeness (QED) is 0.907. The zero-order valence-corrected chi connectivity index (χ0v) is 13.8. The Labute approximate surface area is 145 Å². The summed E-state index contributed by atoms with van der Waals surface area (Å²) < 4.78 is 12.2. The number of benzene rings is 1. The van der Waals surface area contributed by atoms with E-state index in [1.165, 1.54) is 4.90 Å². The molecule has 0 spiro atoms. The second kappa shape index (κ2) is 5.81. The molecule has 1 N–H and O–H groups in total. The largest absolute Gasteiger partial charge is 0.465 e. The fraction of sp³-hybridized carbons (Fsp3) is 0.263. The maximum atomic E-state index is 11.1. The molecule has 6 nitrogen and oxygen atoms in total. The van der Waals surface area contributed by atoms with Gasteiger partial charge in [0.25, 0.3) is 5.79 Å². The van der Waals surface area contributed by atoms with Crippen LogP contribution < -0.4 is 9.47 Å². The van der Waals surface area contributed by atoms with E-state index in [1.54, 1.807) is 6.20 Å². The topological polar surface area (TPSA) is 71.9 Å². The smallest absolute Gasteiger partial charge is 0.407 e. The van der Waals surface area contributed by atoms with Crippen molar-refractivity contribution in [2.45, 2.75) is 19.1 Å². The summed E-state index contributed by atoms with van der Waals surface area (Å²) >= 11 is 0. The predicted molar refractivity (Wildman–Crippen MR) is 91.5 cm³/mol.